The fourth-order valence-electron chi connectivity index (χ4n) is 3.62. The first kappa shape index (κ1) is 20.3. The van der Waals surface area contributed by atoms with Crippen LogP contribution in [0.2, 0.25) is 0 Å². The van der Waals surface area contributed by atoms with Gasteiger partial charge in [0.05, 0.1) is 18.4 Å². The molecule has 1 fully saturated rings. The summed E-state index contributed by atoms with van der Waals surface area (Å²) in [5, 5.41) is 19.0. The van der Waals surface area contributed by atoms with E-state index in [-0.39, 0.29) is 5.56 Å². The van der Waals surface area contributed by atoms with Crippen molar-refractivity contribution >= 4 is 23.7 Å². The number of aromatic nitrogens is 3. The van der Waals surface area contributed by atoms with Crippen LogP contribution in [0.15, 0.2) is 53.7 Å². The van der Waals surface area contributed by atoms with Crippen LogP contribution in [0.4, 0.5) is 5.95 Å². The van der Waals surface area contributed by atoms with Crippen molar-refractivity contribution in [2.75, 3.05) is 25.1 Å². The summed E-state index contributed by atoms with van der Waals surface area (Å²) < 4.78 is 7.65. The lowest BCUT2D eigenvalue weighted by molar-refractivity contribution is 0.0696. The lowest BCUT2D eigenvalue weighted by Gasteiger charge is -2.28. The van der Waals surface area contributed by atoms with Gasteiger partial charge in [-0.25, -0.2) is 4.79 Å². The van der Waals surface area contributed by atoms with E-state index in [1.165, 1.54) is 18.2 Å². The smallest absolute Gasteiger partial charge is 0.335 e. The van der Waals surface area contributed by atoms with E-state index < -0.39 is 5.97 Å². The number of anilines is 1. The van der Waals surface area contributed by atoms with E-state index in [4.69, 9.17) is 4.74 Å². The number of hydrogen-bond donors (Lipinski definition) is 1. The predicted octanol–water partition coefficient (Wildman–Crippen LogP) is 4.26. The molecule has 4 rings (SSSR count). The number of rotatable bonds is 7. The molecule has 1 saturated heterocycles. The zero-order valence-electron chi connectivity index (χ0n) is 16.8. The number of methoxy groups -OCH3 is 1. The molecular formula is C22H24N4O3S. The minimum Gasteiger partial charge on any atom is -0.495 e. The Bertz CT molecular complexity index is 1030. The number of nitrogens with zero attached hydrogens (tertiary/aromatic N) is 4. The van der Waals surface area contributed by atoms with E-state index in [1.807, 2.05) is 30.3 Å². The Kier molecular flexibility index (Phi) is 6.23. The van der Waals surface area contributed by atoms with Crippen molar-refractivity contribution in [3.05, 3.63) is 59.7 Å². The summed E-state index contributed by atoms with van der Waals surface area (Å²) in [4.78, 5) is 13.5. The number of hydrogen-bond acceptors (Lipinski definition) is 6. The minimum atomic E-state index is -0.925. The fourth-order valence-corrected chi connectivity index (χ4v) is 4.50. The second-order valence-electron chi connectivity index (χ2n) is 7.13. The van der Waals surface area contributed by atoms with Crippen LogP contribution in [0.3, 0.4) is 0 Å². The van der Waals surface area contributed by atoms with Crippen LogP contribution < -0.4 is 9.64 Å². The van der Waals surface area contributed by atoms with Crippen LogP contribution in [0, 0.1) is 0 Å². The number of carboxylic acids is 1. The second-order valence-corrected chi connectivity index (χ2v) is 8.07. The molecule has 1 aliphatic heterocycles. The molecule has 0 atom stereocenters. The fraction of sp³-hybridized carbons (Fsp3) is 0.318. The number of carboxylic acid groups (broad SMARTS) is 1. The lowest BCUT2D eigenvalue weighted by Crippen LogP contribution is -2.31. The topological polar surface area (TPSA) is 80.5 Å². The first-order chi connectivity index (χ1) is 14.7. The van der Waals surface area contributed by atoms with Crippen molar-refractivity contribution < 1.29 is 14.6 Å². The second kappa shape index (κ2) is 9.21. The van der Waals surface area contributed by atoms with E-state index in [2.05, 4.69) is 19.7 Å². The molecule has 0 amide bonds. The Morgan fingerprint density at radius 2 is 1.90 bits per heavy atom. The van der Waals surface area contributed by atoms with Gasteiger partial charge in [0, 0.05) is 18.8 Å². The van der Waals surface area contributed by atoms with Crippen molar-refractivity contribution in [2.24, 2.45) is 0 Å². The van der Waals surface area contributed by atoms with Gasteiger partial charge in [0.25, 0.3) is 0 Å². The predicted molar refractivity (Wildman–Crippen MR) is 117 cm³/mol. The number of thioether (sulfide) groups is 1. The molecule has 30 heavy (non-hydrogen) atoms. The van der Waals surface area contributed by atoms with E-state index in [0.29, 0.717) is 5.75 Å². The number of aromatic carboxylic acids is 1. The maximum Gasteiger partial charge on any atom is 0.335 e. The highest BCUT2D eigenvalue weighted by Gasteiger charge is 2.23. The maximum atomic E-state index is 11.3. The SMILES string of the molecule is COc1ccccc1-n1c(SCc2cccc(C(=O)O)c2)nnc1N1CCCCC1. The van der Waals surface area contributed by atoms with Crippen molar-refractivity contribution in [1.82, 2.24) is 14.8 Å². The quantitative estimate of drug-likeness (QED) is 0.568. The maximum absolute atomic E-state index is 11.3. The zero-order chi connectivity index (χ0) is 20.9. The molecular weight excluding hydrogens is 400 g/mol. The van der Waals surface area contributed by atoms with E-state index in [0.717, 1.165) is 54.0 Å². The Morgan fingerprint density at radius 3 is 2.67 bits per heavy atom. The van der Waals surface area contributed by atoms with E-state index in [9.17, 15) is 9.90 Å². The Balaban J connectivity index is 1.68. The first-order valence-corrected chi connectivity index (χ1v) is 10.9. The molecule has 1 aliphatic rings. The molecule has 3 aromatic rings. The summed E-state index contributed by atoms with van der Waals surface area (Å²) in [6.45, 7) is 1.91. The third kappa shape index (κ3) is 4.28. The van der Waals surface area contributed by atoms with Crippen LogP contribution in [0.25, 0.3) is 5.69 Å². The summed E-state index contributed by atoms with van der Waals surface area (Å²) >= 11 is 1.53. The summed E-state index contributed by atoms with van der Waals surface area (Å²) in [7, 11) is 1.66. The standard InChI is InChI=1S/C22H24N4O3S/c1-29-19-11-4-3-10-18(19)26-21(25-12-5-2-6-13-25)23-24-22(26)30-15-16-8-7-9-17(14-16)20(27)28/h3-4,7-11,14H,2,5-6,12-13,15H2,1H3,(H,27,28). The largest absolute Gasteiger partial charge is 0.495 e. The number of ether oxygens (including phenoxy) is 1. The van der Waals surface area contributed by atoms with Crippen molar-refractivity contribution in [1.29, 1.82) is 0 Å². The van der Waals surface area contributed by atoms with Crippen LogP contribution >= 0.6 is 11.8 Å². The van der Waals surface area contributed by atoms with Gasteiger partial charge in [-0.3, -0.25) is 4.57 Å². The molecule has 0 saturated carbocycles. The lowest BCUT2D eigenvalue weighted by atomic mass is 10.1. The Hall–Kier alpha value is -3.00. The normalized spacial score (nSPS) is 14.0. The van der Waals surface area contributed by atoms with E-state index >= 15 is 0 Å². The van der Waals surface area contributed by atoms with Gasteiger partial charge in [0.2, 0.25) is 5.95 Å². The molecule has 0 unspecified atom stereocenters. The number of piperidine rings is 1. The zero-order valence-corrected chi connectivity index (χ0v) is 17.6. The molecule has 2 heterocycles. The summed E-state index contributed by atoms with van der Waals surface area (Å²) in [5.74, 6) is 1.24. The van der Waals surface area contributed by atoms with Gasteiger partial charge in [-0.05, 0) is 49.1 Å². The molecule has 156 valence electrons. The van der Waals surface area contributed by atoms with E-state index in [1.54, 1.807) is 25.3 Å². The monoisotopic (exact) mass is 424 g/mol. The van der Waals surface area contributed by atoms with Gasteiger partial charge in [-0.2, -0.15) is 0 Å². The third-order valence-electron chi connectivity index (χ3n) is 5.12. The van der Waals surface area contributed by atoms with Crippen molar-refractivity contribution in [2.45, 2.75) is 30.2 Å². The average Bonchev–Trinajstić information content (AvgIpc) is 3.22. The summed E-state index contributed by atoms with van der Waals surface area (Å²) in [6.07, 6.45) is 3.52. The molecule has 1 N–H and O–H groups in total. The minimum absolute atomic E-state index is 0.285. The van der Waals surface area contributed by atoms with Gasteiger partial charge >= 0.3 is 5.97 Å². The first-order valence-electron chi connectivity index (χ1n) is 9.96. The van der Waals surface area contributed by atoms with Gasteiger partial charge < -0.3 is 14.7 Å². The molecule has 0 aliphatic carbocycles. The van der Waals surface area contributed by atoms with Gasteiger partial charge in [0.15, 0.2) is 5.16 Å². The van der Waals surface area contributed by atoms with Crippen LogP contribution in [0.5, 0.6) is 5.75 Å². The highest BCUT2D eigenvalue weighted by atomic mass is 32.2. The molecule has 0 bridgehead atoms. The Morgan fingerprint density at radius 1 is 1.10 bits per heavy atom. The van der Waals surface area contributed by atoms with Crippen LogP contribution in [0.1, 0.15) is 35.2 Å². The number of carbonyl (C=O) groups is 1. The number of benzene rings is 2. The molecule has 2 aromatic carbocycles. The number of para-hydroxylation sites is 2. The Labute approximate surface area is 179 Å². The molecule has 0 spiro atoms. The molecule has 0 radical (unpaired) electrons. The van der Waals surface area contributed by atoms with Gasteiger partial charge in [0.1, 0.15) is 5.75 Å². The summed E-state index contributed by atoms with van der Waals surface area (Å²) in [5.41, 5.74) is 2.11. The summed E-state index contributed by atoms with van der Waals surface area (Å²) in [6, 6.07) is 14.8. The van der Waals surface area contributed by atoms with Gasteiger partial charge in [-0.15, -0.1) is 10.2 Å². The van der Waals surface area contributed by atoms with Crippen molar-refractivity contribution in [3.8, 4) is 11.4 Å². The van der Waals surface area contributed by atoms with Crippen molar-refractivity contribution in [3.63, 3.8) is 0 Å². The van der Waals surface area contributed by atoms with Crippen LogP contribution in [-0.2, 0) is 5.75 Å². The highest BCUT2D eigenvalue weighted by molar-refractivity contribution is 7.98. The van der Waals surface area contributed by atoms with Crippen LogP contribution in [-0.4, -0.2) is 46.0 Å². The average molecular weight is 425 g/mol. The molecule has 8 heteroatoms. The highest BCUT2D eigenvalue weighted by Crippen LogP contribution is 2.33. The van der Waals surface area contributed by atoms with Gasteiger partial charge in [-0.1, -0.05) is 36.0 Å². The molecule has 7 nitrogen and oxygen atoms in total. The third-order valence-corrected chi connectivity index (χ3v) is 6.12. The molecule has 1 aromatic heterocycles.